The van der Waals surface area contributed by atoms with E-state index in [0.29, 0.717) is 38.7 Å². The number of hydrogen-bond donors (Lipinski definition) is 2. The van der Waals surface area contributed by atoms with Crippen molar-refractivity contribution >= 4 is 16.7 Å². The number of alkyl halides is 4. The predicted octanol–water partition coefficient (Wildman–Crippen LogP) is 4.52. The van der Waals surface area contributed by atoms with Gasteiger partial charge in [-0.1, -0.05) is 0 Å². The van der Waals surface area contributed by atoms with Crippen molar-refractivity contribution in [1.82, 2.24) is 25.2 Å². The molecule has 15 heteroatoms. The van der Waals surface area contributed by atoms with Crippen LogP contribution in [0.1, 0.15) is 37.3 Å². The van der Waals surface area contributed by atoms with E-state index < -0.39 is 69.3 Å². The van der Waals surface area contributed by atoms with Crippen LogP contribution in [0.2, 0.25) is 0 Å². The van der Waals surface area contributed by atoms with E-state index in [4.69, 9.17) is 9.47 Å². The smallest absolute Gasteiger partial charge is 0.417 e. The number of aromatic hydroxyl groups is 1. The lowest BCUT2D eigenvalue weighted by Crippen LogP contribution is -2.56. The Hall–Kier alpha value is -3.59. The van der Waals surface area contributed by atoms with Crippen LogP contribution in [0.3, 0.4) is 0 Å². The number of rotatable bonds is 4. The van der Waals surface area contributed by atoms with Crippen molar-refractivity contribution in [3.63, 3.8) is 0 Å². The Morgan fingerprint density at radius 3 is 2.75 bits per heavy atom. The summed E-state index contributed by atoms with van der Waals surface area (Å²) in [6.45, 7) is 5.19. The molecule has 0 spiro atoms. The summed E-state index contributed by atoms with van der Waals surface area (Å²) in [7, 11) is 0. The summed E-state index contributed by atoms with van der Waals surface area (Å²) in [5, 5.41) is 13.5. The van der Waals surface area contributed by atoms with Gasteiger partial charge in [0, 0.05) is 43.7 Å². The second-order valence-electron chi connectivity index (χ2n) is 12.0. The van der Waals surface area contributed by atoms with Gasteiger partial charge in [0.15, 0.2) is 17.4 Å². The fraction of sp³-hybridized carbons (Fsp3) is 0.552. The third kappa shape index (κ3) is 4.49. The van der Waals surface area contributed by atoms with Gasteiger partial charge in [0.2, 0.25) is 5.88 Å². The first-order valence-corrected chi connectivity index (χ1v) is 14.5. The quantitative estimate of drug-likeness (QED) is 0.407. The van der Waals surface area contributed by atoms with Crippen molar-refractivity contribution in [2.75, 3.05) is 44.2 Å². The molecule has 2 aromatic heterocycles. The Balaban J connectivity index is 1.43. The Morgan fingerprint density at radius 1 is 1.18 bits per heavy atom. The fourth-order valence-corrected chi connectivity index (χ4v) is 7.28. The Labute approximate surface area is 248 Å². The first-order chi connectivity index (χ1) is 20.9. The highest BCUT2D eigenvalue weighted by atomic mass is 19.4. The lowest BCUT2D eigenvalue weighted by molar-refractivity contribution is -0.137. The van der Waals surface area contributed by atoms with Crippen LogP contribution in [0, 0.1) is 18.6 Å². The third-order valence-electron chi connectivity index (χ3n) is 9.36. The molecule has 0 unspecified atom stereocenters. The zero-order chi connectivity index (χ0) is 31.1. The molecule has 236 valence electrons. The van der Waals surface area contributed by atoms with Gasteiger partial charge in [0.25, 0.3) is 0 Å². The van der Waals surface area contributed by atoms with Gasteiger partial charge in [-0.2, -0.15) is 23.1 Å². The Bertz CT molecular complexity index is 1660. The van der Waals surface area contributed by atoms with Gasteiger partial charge < -0.3 is 24.8 Å². The number of aromatic nitrogens is 3. The average molecular weight is 625 g/mol. The topological polar surface area (TPSA) is 95.9 Å². The SMILES string of the molecule is Cc1c(F)c(O)cc(-c2nc3c4c(nc(OC[C@@]56CCCN5C[C@H](F)C6)nc4c2F)N2CCNC[C@H]2[C@H](C)O3)c1C(F)(F)F. The van der Waals surface area contributed by atoms with Crippen molar-refractivity contribution < 1.29 is 40.9 Å². The molecule has 9 nitrogen and oxygen atoms in total. The van der Waals surface area contributed by atoms with Crippen LogP contribution >= 0.6 is 0 Å². The van der Waals surface area contributed by atoms with Crippen LogP contribution < -0.4 is 19.7 Å². The van der Waals surface area contributed by atoms with E-state index in [0.717, 1.165) is 19.9 Å². The van der Waals surface area contributed by atoms with Gasteiger partial charge >= 0.3 is 12.2 Å². The van der Waals surface area contributed by atoms with E-state index in [1.165, 1.54) is 0 Å². The van der Waals surface area contributed by atoms with Crippen molar-refractivity contribution in [2.45, 2.75) is 63.1 Å². The number of piperazine rings is 1. The van der Waals surface area contributed by atoms with Crippen molar-refractivity contribution in [3.8, 4) is 28.9 Å². The second kappa shape index (κ2) is 10.2. The number of hydrogen-bond acceptors (Lipinski definition) is 9. The maximum atomic E-state index is 16.6. The van der Waals surface area contributed by atoms with E-state index in [1.807, 2.05) is 9.80 Å². The molecular formula is C29H30F6N6O3. The molecule has 3 aromatic rings. The van der Waals surface area contributed by atoms with Crippen LogP contribution in [-0.2, 0) is 6.18 Å². The minimum Gasteiger partial charge on any atom is -0.505 e. The zero-order valence-electron chi connectivity index (χ0n) is 23.9. The molecule has 7 rings (SSSR count). The number of anilines is 1. The van der Waals surface area contributed by atoms with E-state index >= 15 is 4.39 Å². The molecule has 4 aliphatic rings. The molecule has 0 bridgehead atoms. The van der Waals surface area contributed by atoms with Gasteiger partial charge in [-0.25, -0.2) is 18.2 Å². The first kappa shape index (κ1) is 29.1. The zero-order valence-corrected chi connectivity index (χ0v) is 23.9. The molecule has 3 fully saturated rings. The Kier molecular flexibility index (Phi) is 6.77. The number of benzene rings is 1. The third-order valence-corrected chi connectivity index (χ3v) is 9.36. The van der Waals surface area contributed by atoms with Gasteiger partial charge in [-0.3, -0.25) is 4.90 Å². The number of ether oxygens (including phenoxy) is 2. The summed E-state index contributed by atoms with van der Waals surface area (Å²) in [6, 6.07) is -0.0214. The number of nitrogens with one attached hydrogen (secondary N) is 1. The lowest BCUT2D eigenvalue weighted by atomic mass is 9.95. The fourth-order valence-electron chi connectivity index (χ4n) is 7.28. The van der Waals surface area contributed by atoms with Crippen molar-refractivity contribution in [1.29, 1.82) is 0 Å². The summed E-state index contributed by atoms with van der Waals surface area (Å²) in [4.78, 5) is 17.1. The average Bonchev–Trinajstić information content (AvgIpc) is 3.46. The van der Waals surface area contributed by atoms with E-state index in [2.05, 4.69) is 20.3 Å². The number of nitrogens with zero attached hydrogens (tertiary/aromatic N) is 5. The maximum Gasteiger partial charge on any atom is 0.417 e. The van der Waals surface area contributed by atoms with E-state index in [-0.39, 0.29) is 42.2 Å². The molecule has 0 amide bonds. The van der Waals surface area contributed by atoms with Crippen LogP contribution in [0.15, 0.2) is 6.07 Å². The van der Waals surface area contributed by atoms with Crippen molar-refractivity contribution in [3.05, 3.63) is 28.8 Å². The number of phenolic OH excluding ortho intramolecular Hbond substituents is 1. The van der Waals surface area contributed by atoms with Crippen LogP contribution in [0.5, 0.6) is 17.6 Å². The number of pyridine rings is 1. The predicted molar refractivity (Wildman–Crippen MR) is 147 cm³/mol. The Morgan fingerprint density at radius 2 is 1.98 bits per heavy atom. The van der Waals surface area contributed by atoms with E-state index in [1.54, 1.807) is 6.92 Å². The molecule has 4 aliphatic heterocycles. The monoisotopic (exact) mass is 624 g/mol. The minimum atomic E-state index is -5.11. The van der Waals surface area contributed by atoms with Gasteiger partial charge in [-0.15, -0.1) is 0 Å². The molecule has 6 heterocycles. The second-order valence-corrected chi connectivity index (χ2v) is 12.0. The highest BCUT2D eigenvalue weighted by molar-refractivity contribution is 5.97. The molecule has 4 atom stereocenters. The first-order valence-electron chi connectivity index (χ1n) is 14.5. The number of fused-ring (bicyclic) bond motifs is 3. The normalized spacial score (nSPS) is 26.8. The standard InChI is InChI=1S/C29H30F6N6O3/c1-13-20(29(33,34)35)16(8-18(42)21(13)31)23-22(32)24-19-25(41-7-5-36-10-17(41)14(2)44-26(19)37-23)39-27(38-24)43-12-28-4-3-6-40(28)11-15(30)9-28/h8,14-15,17,36,42H,3-7,9-12H2,1-2H3/t14-,15+,17-,28-/m0/s1. The summed E-state index contributed by atoms with van der Waals surface area (Å²) < 4.78 is 100. The number of phenols is 1. The van der Waals surface area contributed by atoms with Gasteiger partial charge in [0.1, 0.15) is 41.3 Å². The highest BCUT2D eigenvalue weighted by Crippen LogP contribution is 2.47. The summed E-state index contributed by atoms with van der Waals surface area (Å²) in [5.41, 5.74) is -5.04. The van der Waals surface area contributed by atoms with Gasteiger partial charge in [-0.05, 0) is 39.3 Å². The summed E-state index contributed by atoms with van der Waals surface area (Å²) in [6.07, 6.45) is -4.83. The largest absolute Gasteiger partial charge is 0.505 e. The summed E-state index contributed by atoms with van der Waals surface area (Å²) in [5.74, 6) is -3.77. The minimum absolute atomic E-state index is 0.0475. The highest BCUT2D eigenvalue weighted by Gasteiger charge is 2.49. The number of halogens is 6. The maximum absolute atomic E-state index is 16.6. The lowest BCUT2D eigenvalue weighted by Gasteiger charge is -2.38. The van der Waals surface area contributed by atoms with Crippen LogP contribution in [-0.4, -0.2) is 88.1 Å². The van der Waals surface area contributed by atoms with E-state index in [9.17, 15) is 27.1 Å². The molecule has 3 saturated heterocycles. The van der Waals surface area contributed by atoms with Gasteiger partial charge in [0.05, 0.1) is 17.1 Å². The molecule has 0 radical (unpaired) electrons. The summed E-state index contributed by atoms with van der Waals surface area (Å²) >= 11 is 0. The molecule has 0 aliphatic carbocycles. The van der Waals surface area contributed by atoms with Crippen LogP contribution in [0.25, 0.3) is 22.2 Å². The molecule has 2 N–H and O–H groups in total. The molecular weight excluding hydrogens is 594 g/mol. The van der Waals surface area contributed by atoms with Crippen LogP contribution in [0.4, 0.5) is 32.2 Å². The molecule has 1 aromatic carbocycles. The molecule has 44 heavy (non-hydrogen) atoms. The van der Waals surface area contributed by atoms with Crippen molar-refractivity contribution in [2.24, 2.45) is 0 Å². The molecule has 0 saturated carbocycles.